The second-order valence-corrected chi connectivity index (χ2v) is 5.22. The van der Waals surface area contributed by atoms with Gasteiger partial charge in [-0.25, -0.2) is 0 Å². The van der Waals surface area contributed by atoms with Crippen molar-refractivity contribution in [1.29, 1.82) is 0 Å². The molecule has 1 atom stereocenters. The highest BCUT2D eigenvalue weighted by Crippen LogP contribution is 2.30. The molecule has 0 aliphatic rings. The Morgan fingerprint density at radius 3 is 2.73 bits per heavy atom. The summed E-state index contributed by atoms with van der Waals surface area (Å²) in [6, 6.07) is 18.5. The second-order valence-electron chi connectivity index (χ2n) is 5.22. The third kappa shape index (κ3) is 2.89. The maximum absolute atomic E-state index is 5.73. The topological polar surface area (TPSA) is 34.1 Å². The Bertz CT molecular complexity index is 765. The standard InChI is InChI=1S/C19H20N2O/c1-3-22-18-12-5-4-10-16(18)14(2)21-17-11-6-8-15-9-7-13-20-19(15)17/h4-14,21H,3H2,1-2H3. The van der Waals surface area contributed by atoms with E-state index in [9.17, 15) is 0 Å². The van der Waals surface area contributed by atoms with Crippen LogP contribution < -0.4 is 10.1 Å². The Kier molecular flexibility index (Phi) is 4.24. The van der Waals surface area contributed by atoms with Crippen LogP contribution in [-0.4, -0.2) is 11.6 Å². The summed E-state index contributed by atoms with van der Waals surface area (Å²) in [6.45, 7) is 4.81. The molecule has 0 fully saturated rings. The van der Waals surface area contributed by atoms with Gasteiger partial charge in [-0.15, -0.1) is 0 Å². The fourth-order valence-electron chi connectivity index (χ4n) is 2.66. The van der Waals surface area contributed by atoms with Crippen LogP contribution in [0, 0.1) is 0 Å². The first-order chi connectivity index (χ1) is 10.8. The Morgan fingerprint density at radius 1 is 1.05 bits per heavy atom. The molecule has 22 heavy (non-hydrogen) atoms. The minimum Gasteiger partial charge on any atom is -0.494 e. The summed E-state index contributed by atoms with van der Waals surface area (Å²) in [5, 5.41) is 4.69. The average molecular weight is 292 g/mol. The highest BCUT2D eigenvalue weighted by Gasteiger charge is 2.12. The van der Waals surface area contributed by atoms with Crippen LogP contribution in [0.25, 0.3) is 10.9 Å². The van der Waals surface area contributed by atoms with E-state index in [1.54, 1.807) is 0 Å². The van der Waals surface area contributed by atoms with Crippen LogP contribution in [0.1, 0.15) is 25.5 Å². The third-order valence-electron chi connectivity index (χ3n) is 3.69. The average Bonchev–Trinajstić information content (AvgIpc) is 2.56. The molecule has 0 radical (unpaired) electrons. The van der Waals surface area contributed by atoms with Crippen LogP contribution in [0.3, 0.4) is 0 Å². The van der Waals surface area contributed by atoms with Gasteiger partial charge in [-0.1, -0.05) is 36.4 Å². The number of hydrogen-bond acceptors (Lipinski definition) is 3. The van der Waals surface area contributed by atoms with Gasteiger partial charge < -0.3 is 10.1 Å². The van der Waals surface area contributed by atoms with E-state index in [-0.39, 0.29) is 6.04 Å². The summed E-state index contributed by atoms with van der Waals surface area (Å²) >= 11 is 0. The number of rotatable bonds is 5. The van der Waals surface area contributed by atoms with E-state index < -0.39 is 0 Å². The minimum atomic E-state index is 0.135. The van der Waals surface area contributed by atoms with Crippen molar-refractivity contribution in [2.75, 3.05) is 11.9 Å². The summed E-state index contributed by atoms with van der Waals surface area (Å²) in [5.41, 5.74) is 3.18. The van der Waals surface area contributed by atoms with Gasteiger partial charge in [-0.2, -0.15) is 0 Å². The van der Waals surface area contributed by atoms with Gasteiger partial charge in [0.1, 0.15) is 5.75 Å². The number of benzene rings is 2. The molecule has 0 aliphatic heterocycles. The van der Waals surface area contributed by atoms with Gasteiger partial charge in [0.05, 0.1) is 23.9 Å². The first-order valence-electron chi connectivity index (χ1n) is 7.61. The predicted octanol–water partition coefficient (Wildman–Crippen LogP) is 4.81. The van der Waals surface area contributed by atoms with Gasteiger partial charge in [-0.05, 0) is 32.0 Å². The Hall–Kier alpha value is -2.55. The van der Waals surface area contributed by atoms with Crippen molar-refractivity contribution in [1.82, 2.24) is 4.98 Å². The Balaban J connectivity index is 1.92. The molecule has 3 aromatic rings. The van der Waals surface area contributed by atoms with Gasteiger partial charge >= 0.3 is 0 Å². The van der Waals surface area contributed by atoms with Crippen molar-refractivity contribution in [3.63, 3.8) is 0 Å². The maximum Gasteiger partial charge on any atom is 0.124 e. The zero-order valence-corrected chi connectivity index (χ0v) is 12.9. The summed E-state index contributed by atoms with van der Waals surface area (Å²) in [6.07, 6.45) is 1.83. The van der Waals surface area contributed by atoms with Crippen LogP contribution in [0.15, 0.2) is 60.8 Å². The number of aromatic nitrogens is 1. The van der Waals surface area contributed by atoms with E-state index in [1.165, 1.54) is 0 Å². The first-order valence-corrected chi connectivity index (χ1v) is 7.61. The fraction of sp³-hybridized carbons (Fsp3) is 0.211. The molecule has 0 bridgehead atoms. The van der Waals surface area contributed by atoms with Crippen LogP contribution in [0.4, 0.5) is 5.69 Å². The van der Waals surface area contributed by atoms with Crippen LogP contribution in [-0.2, 0) is 0 Å². The monoisotopic (exact) mass is 292 g/mol. The largest absolute Gasteiger partial charge is 0.494 e. The number of para-hydroxylation sites is 2. The van der Waals surface area contributed by atoms with Crippen molar-refractivity contribution in [2.45, 2.75) is 19.9 Å². The molecule has 1 aromatic heterocycles. The predicted molar refractivity (Wildman–Crippen MR) is 91.4 cm³/mol. The number of pyridine rings is 1. The van der Waals surface area contributed by atoms with Gasteiger partial charge in [0.25, 0.3) is 0 Å². The zero-order valence-electron chi connectivity index (χ0n) is 12.9. The lowest BCUT2D eigenvalue weighted by molar-refractivity contribution is 0.335. The van der Waals surface area contributed by atoms with Crippen molar-refractivity contribution in [3.05, 3.63) is 66.4 Å². The molecule has 3 heteroatoms. The van der Waals surface area contributed by atoms with Gasteiger partial charge in [-0.3, -0.25) is 4.98 Å². The van der Waals surface area contributed by atoms with Gasteiger partial charge in [0.15, 0.2) is 0 Å². The molecule has 0 amide bonds. The molecule has 2 aromatic carbocycles. The summed E-state index contributed by atoms with van der Waals surface area (Å²) in [4.78, 5) is 4.49. The van der Waals surface area contributed by atoms with Crippen molar-refractivity contribution < 1.29 is 4.74 Å². The van der Waals surface area contributed by atoms with Gasteiger partial charge in [0, 0.05) is 17.1 Å². The lowest BCUT2D eigenvalue weighted by atomic mass is 10.1. The molecule has 3 rings (SSSR count). The summed E-state index contributed by atoms with van der Waals surface area (Å²) in [7, 11) is 0. The molecular formula is C19H20N2O. The third-order valence-corrected chi connectivity index (χ3v) is 3.69. The van der Waals surface area contributed by atoms with E-state index in [4.69, 9.17) is 4.74 Å². The molecule has 0 saturated carbocycles. The van der Waals surface area contributed by atoms with E-state index in [2.05, 4.69) is 41.5 Å². The SMILES string of the molecule is CCOc1ccccc1C(C)Nc1cccc2cccnc12. The second kappa shape index (κ2) is 6.48. The van der Waals surface area contributed by atoms with Crippen molar-refractivity contribution in [3.8, 4) is 5.75 Å². The Morgan fingerprint density at radius 2 is 1.86 bits per heavy atom. The number of fused-ring (bicyclic) bond motifs is 1. The molecular weight excluding hydrogens is 272 g/mol. The molecule has 1 heterocycles. The normalized spacial score (nSPS) is 12.1. The van der Waals surface area contributed by atoms with Crippen molar-refractivity contribution in [2.24, 2.45) is 0 Å². The molecule has 0 saturated heterocycles. The number of anilines is 1. The number of hydrogen-bond donors (Lipinski definition) is 1. The number of nitrogens with zero attached hydrogens (tertiary/aromatic N) is 1. The maximum atomic E-state index is 5.73. The first kappa shape index (κ1) is 14.4. The molecule has 3 nitrogen and oxygen atoms in total. The Labute approximate surface area is 131 Å². The number of nitrogens with one attached hydrogen (secondary N) is 1. The van der Waals surface area contributed by atoms with Crippen LogP contribution in [0.5, 0.6) is 5.75 Å². The highest BCUT2D eigenvalue weighted by molar-refractivity contribution is 5.90. The lowest BCUT2D eigenvalue weighted by Gasteiger charge is -2.19. The molecule has 0 aliphatic carbocycles. The zero-order chi connectivity index (χ0) is 15.4. The minimum absolute atomic E-state index is 0.135. The summed E-state index contributed by atoms with van der Waals surface area (Å²) in [5.74, 6) is 0.929. The van der Waals surface area contributed by atoms with E-state index in [0.29, 0.717) is 6.61 Å². The smallest absolute Gasteiger partial charge is 0.124 e. The molecule has 0 spiro atoms. The molecule has 112 valence electrons. The molecule has 1 unspecified atom stereocenters. The highest BCUT2D eigenvalue weighted by atomic mass is 16.5. The summed E-state index contributed by atoms with van der Waals surface area (Å²) < 4.78 is 5.73. The van der Waals surface area contributed by atoms with Crippen LogP contribution in [0.2, 0.25) is 0 Å². The van der Waals surface area contributed by atoms with Crippen LogP contribution >= 0.6 is 0 Å². The van der Waals surface area contributed by atoms with Gasteiger partial charge in [0.2, 0.25) is 0 Å². The number of ether oxygens (including phenoxy) is 1. The fourth-order valence-corrected chi connectivity index (χ4v) is 2.66. The lowest BCUT2D eigenvalue weighted by Crippen LogP contribution is -2.09. The van der Waals surface area contributed by atoms with E-state index in [0.717, 1.165) is 27.9 Å². The van der Waals surface area contributed by atoms with Crippen molar-refractivity contribution >= 4 is 16.6 Å². The molecule has 1 N–H and O–H groups in total. The van der Waals surface area contributed by atoms with E-state index in [1.807, 2.05) is 43.5 Å². The quantitative estimate of drug-likeness (QED) is 0.733. The van der Waals surface area contributed by atoms with E-state index >= 15 is 0 Å².